The number of carbonyl (C=O) groups excluding carboxylic acids is 2. The van der Waals surface area contributed by atoms with E-state index in [1.807, 2.05) is 0 Å². The smallest absolute Gasteiger partial charge is 0.406 e. The predicted octanol–water partition coefficient (Wildman–Crippen LogP) is 1.81. The van der Waals surface area contributed by atoms with Crippen molar-refractivity contribution in [3.63, 3.8) is 0 Å². The summed E-state index contributed by atoms with van der Waals surface area (Å²) in [7, 11) is 0. The van der Waals surface area contributed by atoms with E-state index in [9.17, 15) is 22.8 Å². The molecule has 1 aromatic heterocycles. The molecule has 1 aromatic carbocycles. The second-order valence-corrected chi connectivity index (χ2v) is 7.59. The highest BCUT2D eigenvalue weighted by atomic mass is 19.4. The first-order valence-electron chi connectivity index (χ1n) is 9.21. The molecule has 0 saturated carbocycles. The molecule has 0 atom stereocenters. The number of rotatable bonds is 4. The van der Waals surface area contributed by atoms with Crippen LogP contribution in [-0.4, -0.2) is 71.0 Å². The second-order valence-electron chi connectivity index (χ2n) is 7.59. The van der Waals surface area contributed by atoms with Crippen LogP contribution in [0.15, 0.2) is 36.7 Å². The van der Waals surface area contributed by atoms with Gasteiger partial charge in [0, 0.05) is 37.8 Å². The van der Waals surface area contributed by atoms with Gasteiger partial charge in [-0.05, 0) is 17.7 Å². The van der Waals surface area contributed by atoms with Gasteiger partial charge in [-0.25, -0.2) is 0 Å². The van der Waals surface area contributed by atoms with Gasteiger partial charge in [0.05, 0.1) is 18.4 Å². The Hall–Kier alpha value is -3.08. The third-order valence-electron chi connectivity index (χ3n) is 5.10. The maximum atomic E-state index is 12.5. The highest BCUT2D eigenvalue weighted by Crippen LogP contribution is 2.35. The molecule has 2 aliphatic heterocycles. The molecule has 1 spiro atoms. The second kappa shape index (κ2) is 7.63. The SMILES string of the molecule is O=C1COCC2(CN1Cc1cccc(OC(F)(F)F)c1)CN(C(=O)c1cn[nH]c1)C2. The maximum absolute atomic E-state index is 12.5. The molecule has 11 heteroatoms. The maximum Gasteiger partial charge on any atom is 0.573 e. The minimum absolute atomic E-state index is 0.115. The normalized spacial score (nSPS) is 18.8. The summed E-state index contributed by atoms with van der Waals surface area (Å²) in [4.78, 5) is 28.1. The number of nitrogens with zero attached hydrogens (tertiary/aromatic N) is 3. The Morgan fingerprint density at radius 3 is 2.80 bits per heavy atom. The van der Waals surface area contributed by atoms with Crippen LogP contribution in [0.25, 0.3) is 0 Å². The van der Waals surface area contributed by atoms with Crippen molar-refractivity contribution in [2.45, 2.75) is 12.9 Å². The fraction of sp³-hybridized carbons (Fsp3) is 0.421. The molecule has 2 aromatic rings. The number of alkyl halides is 3. The molecule has 0 radical (unpaired) electrons. The molecule has 2 aliphatic rings. The quantitative estimate of drug-likeness (QED) is 0.809. The lowest BCUT2D eigenvalue weighted by Gasteiger charge is -2.50. The lowest BCUT2D eigenvalue weighted by atomic mass is 9.79. The number of likely N-dealkylation sites (tertiary alicyclic amines) is 1. The molecule has 3 heterocycles. The molecule has 8 nitrogen and oxygen atoms in total. The molecule has 4 rings (SSSR count). The van der Waals surface area contributed by atoms with Crippen LogP contribution in [0.2, 0.25) is 0 Å². The number of H-pyrrole nitrogens is 1. The van der Waals surface area contributed by atoms with Gasteiger partial charge in [0.1, 0.15) is 12.4 Å². The highest BCUT2D eigenvalue weighted by Gasteiger charge is 2.48. The zero-order valence-electron chi connectivity index (χ0n) is 15.8. The molecule has 160 valence electrons. The molecule has 0 bridgehead atoms. The predicted molar refractivity (Wildman–Crippen MR) is 96.3 cm³/mol. The summed E-state index contributed by atoms with van der Waals surface area (Å²) in [5.41, 5.74) is 0.549. The molecule has 0 aliphatic carbocycles. The van der Waals surface area contributed by atoms with E-state index >= 15 is 0 Å². The van der Waals surface area contributed by atoms with E-state index in [0.29, 0.717) is 37.4 Å². The van der Waals surface area contributed by atoms with E-state index in [0.717, 1.165) is 0 Å². The summed E-state index contributed by atoms with van der Waals surface area (Å²) in [6.45, 7) is 1.49. The lowest BCUT2D eigenvalue weighted by Crippen LogP contribution is -2.63. The van der Waals surface area contributed by atoms with E-state index in [1.54, 1.807) is 15.9 Å². The van der Waals surface area contributed by atoms with Crippen LogP contribution in [0.4, 0.5) is 13.2 Å². The van der Waals surface area contributed by atoms with Gasteiger partial charge < -0.3 is 19.3 Å². The summed E-state index contributed by atoms with van der Waals surface area (Å²) in [5.74, 6) is -0.754. The summed E-state index contributed by atoms with van der Waals surface area (Å²) in [6, 6.07) is 5.54. The topological polar surface area (TPSA) is 87.8 Å². The van der Waals surface area contributed by atoms with Gasteiger partial charge in [0.2, 0.25) is 5.91 Å². The van der Waals surface area contributed by atoms with Crippen LogP contribution >= 0.6 is 0 Å². The van der Waals surface area contributed by atoms with Crippen molar-refractivity contribution >= 4 is 11.8 Å². The molecule has 0 unspecified atom stereocenters. The first kappa shape index (κ1) is 20.2. The number of benzene rings is 1. The van der Waals surface area contributed by atoms with Crippen molar-refractivity contribution in [2.24, 2.45) is 5.41 Å². The van der Waals surface area contributed by atoms with Crippen LogP contribution in [0.5, 0.6) is 5.75 Å². The molecule has 2 fully saturated rings. The van der Waals surface area contributed by atoms with Gasteiger partial charge in [0.15, 0.2) is 0 Å². The van der Waals surface area contributed by atoms with E-state index in [2.05, 4.69) is 14.9 Å². The number of hydrogen-bond donors (Lipinski definition) is 1. The summed E-state index contributed by atoms with van der Waals surface area (Å²) in [5, 5.41) is 6.37. The summed E-state index contributed by atoms with van der Waals surface area (Å²) in [6.07, 6.45) is -1.82. The molecular weight excluding hydrogens is 405 g/mol. The third-order valence-corrected chi connectivity index (χ3v) is 5.10. The molecule has 2 saturated heterocycles. The largest absolute Gasteiger partial charge is 0.573 e. The van der Waals surface area contributed by atoms with Gasteiger partial charge in [-0.15, -0.1) is 13.2 Å². The highest BCUT2D eigenvalue weighted by molar-refractivity contribution is 5.94. The Morgan fingerprint density at radius 1 is 1.30 bits per heavy atom. The van der Waals surface area contributed by atoms with Crippen molar-refractivity contribution in [3.8, 4) is 5.75 Å². The Kier molecular flexibility index (Phi) is 5.14. The zero-order valence-corrected chi connectivity index (χ0v) is 15.8. The molecular formula is C19H19F3N4O4. The van der Waals surface area contributed by atoms with Gasteiger partial charge >= 0.3 is 6.36 Å². The lowest BCUT2D eigenvalue weighted by molar-refractivity contribution is -0.274. The van der Waals surface area contributed by atoms with Crippen molar-refractivity contribution in [3.05, 3.63) is 47.8 Å². The number of carbonyl (C=O) groups is 2. The number of aromatic amines is 1. The first-order chi connectivity index (χ1) is 14.2. The van der Waals surface area contributed by atoms with E-state index in [1.165, 1.54) is 30.6 Å². The van der Waals surface area contributed by atoms with Crippen LogP contribution < -0.4 is 4.74 Å². The number of amides is 2. The zero-order chi connectivity index (χ0) is 21.4. The molecule has 1 N–H and O–H groups in total. The van der Waals surface area contributed by atoms with Gasteiger partial charge in [-0.2, -0.15) is 5.10 Å². The number of ether oxygens (including phenoxy) is 2. The number of nitrogens with one attached hydrogen (secondary N) is 1. The van der Waals surface area contributed by atoms with Gasteiger partial charge in [0.25, 0.3) is 5.91 Å². The Balaban J connectivity index is 1.43. The van der Waals surface area contributed by atoms with Crippen molar-refractivity contribution < 1.29 is 32.2 Å². The van der Waals surface area contributed by atoms with Crippen molar-refractivity contribution in [1.82, 2.24) is 20.0 Å². The minimum atomic E-state index is -4.79. The fourth-order valence-corrected chi connectivity index (χ4v) is 3.84. The average Bonchev–Trinajstić information content (AvgIpc) is 3.12. The van der Waals surface area contributed by atoms with Gasteiger partial charge in [-0.3, -0.25) is 14.7 Å². The Bertz CT molecular complexity index is 926. The van der Waals surface area contributed by atoms with Crippen LogP contribution in [0, 0.1) is 5.41 Å². The summed E-state index contributed by atoms with van der Waals surface area (Å²) >= 11 is 0. The van der Waals surface area contributed by atoms with Gasteiger partial charge in [-0.1, -0.05) is 12.1 Å². The standard InChI is InChI=1S/C19H19F3N4O4/c20-19(21,22)30-15-3-1-2-13(4-15)7-25-9-18(12-29-8-16(25)27)10-26(11-18)17(28)14-5-23-24-6-14/h1-6H,7-12H2,(H,23,24). The third kappa shape index (κ3) is 4.40. The first-order valence-corrected chi connectivity index (χ1v) is 9.21. The summed E-state index contributed by atoms with van der Waals surface area (Å²) < 4.78 is 46.9. The van der Waals surface area contributed by atoms with Crippen LogP contribution in [-0.2, 0) is 16.1 Å². The monoisotopic (exact) mass is 424 g/mol. The number of hydrogen-bond acceptors (Lipinski definition) is 5. The van der Waals surface area contributed by atoms with Crippen molar-refractivity contribution in [2.75, 3.05) is 32.8 Å². The fourth-order valence-electron chi connectivity index (χ4n) is 3.84. The van der Waals surface area contributed by atoms with E-state index < -0.39 is 11.8 Å². The molecule has 2 amide bonds. The number of halogens is 3. The molecule has 30 heavy (non-hydrogen) atoms. The van der Waals surface area contributed by atoms with Crippen molar-refractivity contribution in [1.29, 1.82) is 0 Å². The van der Waals surface area contributed by atoms with Crippen LogP contribution in [0.1, 0.15) is 15.9 Å². The minimum Gasteiger partial charge on any atom is -0.406 e. The Morgan fingerprint density at radius 2 is 2.10 bits per heavy atom. The number of aromatic nitrogens is 2. The Labute approximate surface area is 169 Å². The van der Waals surface area contributed by atoms with E-state index in [-0.39, 0.29) is 30.7 Å². The van der Waals surface area contributed by atoms with Crippen LogP contribution in [0.3, 0.4) is 0 Å². The van der Waals surface area contributed by atoms with E-state index in [4.69, 9.17) is 4.74 Å². The average molecular weight is 424 g/mol.